The van der Waals surface area contributed by atoms with Crippen molar-refractivity contribution in [2.45, 2.75) is 44.6 Å². The zero-order valence-corrected chi connectivity index (χ0v) is 14.3. The normalized spacial score (nSPS) is 27.9. The predicted molar refractivity (Wildman–Crippen MR) is 90.2 cm³/mol. The maximum absolute atomic E-state index is 12.8. The second-order valence-corrected chi connectivity index (χ2v) is 8.10. The monoisotopic (exact) mass is 332 g/mol. The highest BCUT2D eigenvalue weighted by atomic mass is 32.1. The molecule has 2 atom stereocenters. The summed E-state index contributed by atoms with van der Waals surface area (Å²) in [5.41, 5.74) is 1.09. The van der Waals surface area contributed by atoms with Crippen LogP contribution in [0, 0.1) is 11.8 Å². The summed E-state index contributed by atoms with van der Waals surface area (Å²) < 4.78 is 0. The van der Waals surface area contributed by atoms with Crippen molar-refractivity contribution in [3.05, 3.63) is 22.4 Å². The molecule has 3 saturated heterocycles. The average Bonchev–Trinajstić information content (AvgIpc) is 2.84. The number of carbonyl (C=O) groups is 2. The highest BCUT2D eigenvalue weighted by Crippen LogP contribution is 2.34. The third kappa shape index (κ3) is 3.03. The number of piperidine rings is 1. The van der Waals surface area contributed by atoms with Crippen LogP contribution in [0.15, 0.2) is 16.8 Å². The summed E-state index contributed by atoms with van der Waals surface area (Å²) in [6, 6.07) is 2.26. The fourth-order valence-corrected chi connectivity index (χ4v) is 4.79. The molecule has 1 aromatic heterocycles. The quantitative estimate of drug-likeness (QED) is 0.850. The number of nitrogens with zero attached hydrogens (tertiary/aromatic N) is 2. The van der Waals surface area contributed by atoms with Gasteiger partial charge in [-0.15, -0.1) is 0 Å². The van der Waals surface area contributed by atoms with E-state index in [9.17, 15) is 9.59 Å². The Hall–Kier alpha value is -1.36. The van der Waals surface area contributed by atoms with Crippen LogP contribution in [0.4, 0.5) is 0 Å². The Bertz CT molecular complexity index is 582. The molecule has 0 radical (unpaired) electrons. The van der Waals surface area contributed by atoms with Crippen molar-refractivity contribution in [2.75, 3.05) is 19.6 Å². The molecule has 4 heterocycles. The van der Waals surface area contributed by atoms with Crippen LogP contribution in [0.5, 0.6) is 0 Å². The minimum Gasteiger partial charge on any atom is -0.340 e. The third-order valence-electron chi connectivity index (χ3n) is 5.76. The molecule has 2 bridgehead atoms. The molecule has 0 spiro atoms. The second kappa shape index (κ2) is 6.27. The Morgan fingerprint density at radius 3 is 2.78 bits per heavy atom. The number of rotatable bonds is 4. The van der Waals surface area contributed by atoms with Crippen LogP contribution in [0.1, 0.15) is 37.7 Å². The maximum Gasteiger partial charge on any atom is 0.227 e. The maximum atomic E-state index is 12.8. The molecule has 0 unspecified atom stereocenters. The number of thiophene rings is 1. The summed E-state index contributed by atoms with van der Waals surface area (Å²) in [6.45, 7) is 2.28. The van der Waals surface area contributed by atoms with Crippen molar-refractivity contribution in [2.24, 2.45) is 11.8 Å². The number of hydrogen-bond acceptors (Lipinski definition) is 3. The molecule has 1 aromatic rings. The van der Waals surface area contributed by atoms with E-state index in [1.54, 1.807) is 11.3 Å². The van der Waals surface area contributed by atoms with Gasteiger partial charge in [-0.1, -0.05) is 6.42 Å². The van der Waals surface area contributed by atoms with E-state index in [0.717, 1.165) is 31.5 Å². The van der Waals surface area contributed by atoms with Gasteiger partial charge in [0.15, 0.2) is 0 Å². The van der Waals surface area contributed by atoms with Gasteiger partial charge in [0, 0.05) is 25.7 Å². The second-order valence-electron chi connectivity index (χ2n) is 7.32. The van der Waals surface area contributed by atoms with Crippen LogP contribution in [0.25, 0.3) is 0 Å². The van der Waals surface area contributed by atoms with Gasteiger partial charge in [0.2, 0.25) is 11.8 Å². The molecule has 3 aliphatic heterocycles. The Morgan fingerprint density at radius 2 is 2.09 bits per heavy atom. The van der Waals surface area contributed by atoms with Gasteiger partial charge in [-0.25, -0.2) is 0 Å². The molecule has 0 aromatic carbocycles. The zero-order chi connectivity index (χ0) is 15.8. The van der Waals surface area contributed by atoms with Crippen molar-refractivity contribution in [1.82, 2.24) is 9.80 Å². The summed E-state index contributed by atoms with van der Waals surface area (Å²) >= 11 is 1.63. The third-order valence-corrected chi connectivity index (χ3v) is 6.49. The molecule has 5 rings (SSSR count). The van der Waals surface area contributed by atoms with Crippen LogP contribution in [-0.2, 0) is 16.0 Å². The lowest BCUT2D eigenvalue weighted by Gasteiger charge is -2.40. The lowest BCUT2D eigenvalue weighted by Crippen LogP contribution is -2.50. The highest BCUT2D eigenvalue weighted by molar-refractivity contribution is 7.08. The van der Waals surface area contributed by atoms with E-state index >= 15 is 0 Å². The summed E-state index contributed by atoms with van der Waals surface area (Å²) in [4.78, 5) is 29.5. The summed E-state index contributed by atoms with van der Waals surface area (Å²) in [5.74, 6) is 1.21. The smallest absolute Gasteiger partial charge is 0.227 e. The van der Waals surface area contributed by atoms with E-state index in [0.29, 0.717) is 24.8 Å². The van der Waals surface area contributed by atoms with Gasteiger partial charge in [0.25, 0.3) is 0 Å². The molecule has 1 saturated carbocycles. The molecule has 2 amide bonds. The largest absolute Gasteiger partial charge is 0.340 e. The lowest BCUT2D eigenvalue weighted by atomic mass is 9.83. The standard InChI is InChI=1S/C18H24N2O2S/c21-17(8-14-6-7-23-12-14)19-10-15-4-5-16(11-19)20(18(15)22)9-13-2-1-3-13/h6-7,12-13,15-16H,1-5,8-11H2/t15-,16+/m0/s1. The minimum atomic E-state index is 0.0280. The molecular formula is C18H24N2O2S. The number of amides is 2. The van der Waals surface area contributed by atoms with Crippen molar-refractivity contribution in [3.8, 4) is 0 Å². The first-order valence-electron chi connectivity index (χ1n) is 8.80. The number of fused-ring (bicyclic) bond motifs is 4. The first-order chi connectivity index (χ1) is 11.2. The Labute approximate surface area is 141 Å². The van der Waals surface area contributed by atoms with Crippen LogP contribution in [0.2, 0.25) is 0 Å². The van der Waals surface area contributed by atoms with Gasteiger partial charge in [-0.05, 0) is 54.0 Å². The van der Waals surface area contributed by atoms with Crippen LogP contribution < -0.4 is 0 Å². The lowest BCUT2D eigenvalue weighted by molar-refractivity contribution is -0.141. The zero-order valence-electron chi connectivity index (χ0n) is 13.4. The van der Waals surface area contributed by atoms with E-state index in [2.05, 4.69) is 4.90 Å². The summed E-state index contributed by atoms with van der Waals surface area (Å²) in [6.07, 6.45) is 6.33. The minimum absolute atomic E-state index is 0.0280. The van der Waals surface area contributed by atoms with Gasteiger partial charge in [0.1, 0.15) is 0 Å². The van der Waals surface area contributed by atoms with E-state index in [-0.39, 0.29) is 17.9 Å². The molecule has 4 nitrogen and oxygen atoms in total. The van der Waals surface area contributed by atoms with E-state index in [1.807, 2.05) is 21.7 Å². The summed E-state index contributed by atoms with van der Waals surface area (Å²) in [5, 5.41) is 4.05. The molecular weight excluding hydrogens is 308 g/mol. The Morgan fingerprint density at radius 1 is 1.22 bits per heavy atom. The predicted octanol–water partition coefficient (Wildman–Crippen LogP) is 2.54. The van der Waals surface area contributed by atoms with Crippen LogP contribution in [0.3, 0.4) is 0 Å². The highest BCUT2D eigenvalue weighted by Gasteiger charge is 2.42. The number of carbonyl (C=O) groups excluding carboxylic acids is 2. The average molecular weight is 332 g/mol. The van der Waals surface area contributed by atoms with Gasteiger partial charge in [0.05, 0.1) is 12.3 Å². The van der Waals surface area contributed by atoms with Gasteiger partial charge >= 0.3 is 0 Å². The fourth-order valence-electron chi connectivity index (χ4n) is 4.12. The van der Waals surface area contributed by atoms with Crippen molar-refractivity contribution in [3.63, 3.8) is 0 Å². The first kappa shape index (κ1) is 15.2. The molecule has 4 fully saturated rings. The SMILES string of the molecule is O=C(Cc1ccsc1)N1C[C@@H]2CC[C@H](C1)N(CC1CCC1)C2=O. The molecule has 1 aliphatic carbocycles. The van der Waals surface area contributed by atoms with E-state index < -0.39 is 0 Å². The Balaban J connectivity index is 1.45. The topological polar surface area (TPSA) is 40.6 Å². The van der Waals surface area contributed by atoms with Gasteiger partial charge in [-0.2, -0.15) is 11.3 Å². The van der Waals surface area contributed by atoms with Crippen LogP contribution >= 0.6 is 11.3 Å². The number of hydrogen-bond donors (Lipinski definition) is 0. The molecule has 0 N–H and O–H groups in total. The molecule has 5 heteroatoms. The van der Waals surface area contributed by atoms with Gasteiger partial charge < -0.3 is 9.80 Å². The molecule has 124 valence electrons. The molecule has 4 aliphatic rings. The fraction of sp³-hybridized carbons (Fsp3) is 0.667. The summed E-state index contributed by atoms with van der Waals surface area (Å²) in [7, 11) is 0. The van der Waals surface area contributed by atoms with Gasteiger partial charge in [-0.3, -0.25) is 9.59 Å². The van der Waals surface area contributed by atoms with Crippen LogP contribution in [-0.4, -0.2) is 47.3 Å². The molecule has 23 heavy (non-hydrogen) atoms. The van der Waals surface area contributed by atoms with Crippen molar-refractivity contribution >= 4 is 23.2 Å². The van der Waals surface area contributed by atoms with Crippen molar-refractivity contribution < 1.29 is 9.59 Å². The van der Waals surface area contributed by atoms with Crippen molar-refractivity contribution in [1.29, 1.82) is 0 Å². The van der Waals surface area contributed by atoms with E-state index in [1.165, 1.54) is 19.3 Å². The first-order valence-corrected chi connectivity index (χ1v) is 9.74. The van der Waals surface area contributed by atoms with E-state index in [4.69, 9.17) is 0 Å². The Kier molecular flexibility index (Phi) is 4.14.